The minimum absolute atomic E-state index is 0.0811. The van der Waals surface area contributed by atoms with Crippen molar-refractivity contribution in [3.63, 3.8) is 0 Å². The Bertz CT molecular complexity index is 1180. The van der Waals surface area contributed by atoms with Crippen molar-refractivity contribution in [3.8, 4) is 10.6 Å². The van der Waals surface area contributed by atoms with Crippen molar-refractivity contribution in [2.75, 3.05) is 13.1 Å². The summed E-state index contributed by atoms with van der Waals surface area (Å²) in [6.45, 7) is 1.20. The Morgan fingerprint density at radius 2 is 1.87 bits per heavy atom. The summed E-state index contributed by atoms with van der Waals surface area (Å²) in [5.74, 6) is -0.445. The Kier molecular flexibility index (Phi) is 6.66. The molecule has 3 aromatic rings. The maximum absolute atomic E-state index is 12.9. The first kappa shape index (κ1) is 21.9. The van der Waals surface area contributed by atoms with Gasteiger partial charge in [0.15, 0.2) is 0 Å². The highest BCUT2D eigenvalue weighted by Gasteiger charge is 2.27. The number of nitrogens with one attached hydrogen (secondary N) is 1. The molecule has 1 fully saturated rings. The van der Waals surface area contributed by atoms with Crippen molar-refractivity contribution >= 4 is 38.9 Å². The van der Waals surface area contributed by atoms with E-state index in [1.807, 2.05) is 17.5 Å². The number of thiazole rings is 1. The summed E-state index contributed by atoms with van der Waals surface area (Å²) in [4.78, 5) is 21.3. The molecule has 1 aliphatic heterocycles. The van der Waals surface area contributed by atoms with E-state index in [1.165, 1.54) is 33.8 Å². The van der Waals surface area contributed by atoms with Crippen LogP contribution in [0.2, 0.25) is 5.02 Å². The fourth-order valence-electron chi connectivity index (χ4n) is 3.37. The zero-order valence-corrected chi connectivity index (χ0v) is 19.0. The monoisotopic (exact) mass is 476 g/mol. The molecule has 4 rings (SSSR count). The van der Waals surface area contributed by atoms with E-state index >= 15 is 0 Å². The summed E-state index contributed by atoms with van der Waals surface area (Å²) < 4.78 is 27.3. The summed E-state index contributed by atoms with van der Waals surface area (Å²) >= 11 is 7.68. The van der Waals surface area contributed by atoms with E-state index < -0.39 is 15.9 Å². The summed E-state index contributed by atoms with van der Waals surface area (Å²) in [5, 5.41) is 5.68. The topological polar surface area (TPSA) is 92.3 Å². The third-order valence-corrected chi connectivity index (χ3v) is 8.21. The molecule has 7 nitrogen and oxygen atoms in total. The molecule has 0 radical (unpaired) electrons. The first-order valence-corrected chi connectivity index (χ1v) is 12.6. The number of rotatable bonds is 6. The van der Waals surface area contributed by atoms with E-state index in [4.69, 9.17) is 11.6 Å². The van der Waals surface area contributed by atoms with E-state index in [0.717, 1.165) is 29.8 Å². The molecule has 162 valence electrons. The maximum atomic E-state index is 12.9. The van der Waals surface area contributed by atoms with E-state index in [2.05, 4.69) is 15.3 Å². The second-order valence-corrected chi connectivity index (χ2v) is 10.4. The van der Waals surface area contributed by atoms with Crippen molar-refractivity contribution in [2.45, 2.75) is 30.7 Å². The van der Waals surface area contributed by atoms with Crippen molar-refractivity contribution in [2.24, 2.45) is 0 Å². The number of pyridine rings is 1. The Balaban J connectivity index is 1.47. The van der Waals surface area contributed by atoms with Gasteiger partial charge in [0.1, 0.15) is 5.01 Å². The van der Waals surface area contributed by atoms with Gasteiger partial charge in [0, 0.05) is 36.4 Å². The smallest absolute Gasteiger partial charge is 0.253 e. The first-order valence-electron chi connectivity index (χ1n) is 9.88. The molecule has 0 spiro atoms. The van der Waals surface area contributed by atoms with Crippen LogP contribution < -0.4 is 5.32 Å². The van der Waals surface area contributed by atoms with Gasteiger partial charge in [-0.2, -0.15) is 4.31 Å². The second-order valence-electron chi connectivity index (χ2n) is 7.17. The number of nitrogens with zero attached hydrogens (tertiary/aromatic N) is 3. The largest absolute Gasteiger partial charge is 0.346 e. The van der Waals surface area contributed by atoms with Gasteiger partial charge in [-0.3, -0.25) is 9.78 Å². The number of hydrogen-bond donors (Lipinski definition) is 1. The Morgan fingerprint density at radius 1 is 1.13 bits per heavy atom. The van der Waals surface area contributed by atoms with Gasteiger partial charge in [0.2, 0.25) is 10.0 Å². The molecule has 10 heteroatoms. The third kappa shape index (κ3) is 4.95. The van der Waals surface area contributed by atoms with Crippen LogP contribution in [0.3, 0.4) is 0 Å². The third-order valence-electron chi connectivity index (χ3n) is 5.04. The molecular weight excluding hydrogens is 456 g/mol. The van der Waals surface area contributed by atoms with Gasteiger partial charge in [0.05, 0.1) is 27.7 Å². The van der Waals surface area contributed by atoms with Gasteiger partial charge in [-0.05, 0) is 43.2 Å². The molecule has 0 aliphatic carbocycles. The molecule has 0 atom stereocenters. The molecule has 1 amide bonds. The van der Waals surface area contributed by atoms with E-state index in [9.17, 15) is 13.2 Å². The summed E-state index contributed by atoms with van der Waals surface area (Å²) in [7, 11) is -3.65. The quantitative estimate of drug-likeness (QED) is 0.581. The number of aromatic nitrogens is 2. The number of halogens is 1. The molecule has 31 heavy (non-hydrogen) atoms. The van der Waals surface area contributed by atoms with Crippen LogP contribution in [0.5, 0.6) is 0 Å². The number of carbonyl (C=O) groups excluding carboxylic acids is 1. The van der Waals surface area contributed by atoms with Crippen LogP contribution in [0.15, 0.2) is 53.0 Å². The average Bonchev–Trinajstić information content (AvgIpc) is 3.28. The lowest BCUT2D eigenvalue weighted by Crippen LogP contribution is -2.35. The standard InChI is InChI=1S/C21H21ClN4O3S2/c22-19-5-4-17(31(28,29)26-10-2-1-3-11-26)12-18(19)20(27)24-13-16-14-30-21(25-16)15-6-8-23-9-7-15/h4-9,12,14H,1-3,10-11,13H2,(H,24,27). The fraction of sp³-hybridized carbons (Fsp3) is 0.286. The molecular formula is C21H21ClN4O3S2. The van der Waals surface area contributed by atoms with Crippen LogP contribution >= 0.6 is 22.9 Å². The average molecular weight is 477 g/mol. The number of piperidine rings is 1. The minimum atomic E-state index is -3.65. The lowest BCUT2D eigenvalue weighted by atomic mass is 10.2. The number of benzene rings is 1. The van der Waals surface area contributed by atoms with Gasteiger partial charge in [0.25, 0.3) is 5.91 Å². The molecule has 1 N–H and O–H groups in total. The minimum Gasteiger partial charge on any atom is -0.346 e. The predicted molar refractivity (Wildman–Crippen MR) is 121 cm³/mol. The van der Waals surface area contributed by atoms with Gasteiger partial charge in [-0.1, -0.05) is 18.0 Å². The Morgan fingerprint density at radius 3 is 2.61 bits per heavy atom. The van der Waals surface area contributed by atoms with Gasteiger partial charge in [-0.25, -0.2) is 13.4 Å². The second kappa shape index (κ2) is 9.44. The normalized spacial score (nSPS) is 15.0. The van der Waals surface area contributed by atoms with Gasteiger partial charge in [-0.15, -0.1) is 11.3 Å². The molecule has 1 aromatic carbocycles. The molecule has 1 aliphatic rings. The number of hydrogen-bond acceptors (Lipinski definition) is 6. The van der Waals surface area contributed by atoms with Crippen molar-refractivity contribution in [1.29, 1.82) is 0 Å². The zero-order valence-electron chi connectivity index (χ0n) is 16.6. The van der Waals surface area contributed by atoms with Crippen LogP contribution in [0, 0.1) is 0 Å². The fourth-order valence-corrected chi connectivity index (χ4v) is 5.95. The molecule has 0 unspecified atom stereocenters. The van der Waals surface area contributed by atoms with E-state index in [0.29, 0.717) is 18.8 Å². The Hall–Kier alpha value is -2.33. The van der Waals surface area contributed by atoms with Crippen LogP contribution in [0.4, 0.5) is 0 Å². The highest BCUT2D eigenvalue weighted by Crippen LogP contribution is 2.26. The van der Waals surface area contributed by atoms with Crippen molar-refractivity contribution < 1.29 is 13.2 Å². The highest BCUT2D eigenvalue weighted by molar-refractivity contribution is 7.89. The van der Waals surface area contributed by atoms with Crippen molar-refractivity contribution in [3.05, 3.63) is 64.4 Å². The summed E-state index contributed by atoms with van der Waals surface area (Å²) in [5.41, 5.74) is 1.79. The lowest BCUT2D eigenvalue weighted by Gasteiger charge is -2.26. The number of sulfonamides is 1. The van der Waals surface area contributed by atoms with Gasteiger partial charge >= 0.3 is 0 Å². The molecule has 2 aromatic heterocycles. The first-order chi connectivity index (χ1) is 14.9. The van der Waals surface area contributed by atoms with E-state index in [-0.39, 0.29) is 22.0 Å². The predicted octanol–water partition coefficient (Wildman–Crippen LogP) is 3.96. The number of carbonyl (C=O) groups is 1. The van der Waals surface area contributed by atoms with Crippen LogP contribution in [-0.2, 0) is 16.6 Å². The number of amides is 1. The van der Waals surface area contributed by atoms with E-state index in [1.54, 1.807) is 12.4 Å². The molecule has 0 saturated carbocycles. The SMILES string of the molecule is O=C(NCc1csc(-c2ccncc2)n1)c1cc(S(=O)(=O)N2CCCCC2)ccc1Cl. The van der Waals surface area contributed by atoms with Crippen LogP contribution in [-0.4, -0.2) is 41.7 Å². The van der Waals surface area contributed by atoms with Crippen molar-refractivity contribution in [1.82, 2.24) is 19.6 Å². The highest BCUT2D eigenvalue weighted by atomic mass is 35.5. The van der Waals surface area contributed by atoms with Gasteiger partial charge < -0.3 is 5.32 Å². The maximum Gasteiger partial charge on any atom is 0.253 e. The summed E-state index contributed by atoms with van der Waals surface area (Å²) in [6, 6.07) is 8.00. The molecule has 3 heterocycles. The molecule has 1 saturated heterocycles. The Labute approximate surface area is 190 Å². The lowest BCUT2D eigenvalue weighted by molar-refractivity contribution is 0.0950. The zero-order chi connectivity index (χ0) is 21.8. The summed E-state index contributed by atoms with van der Waals surface area (Å²) in [6.07, 6.45) is 6.11. The van der Waals surface area contributed by atoms with Crippen LogP contribution in [0.1, 0.15) is 35.3 Å². The molecule has 0 bridgehead atoms. The van der Waals surface area contributed by atoms with Crippen LogP contribution in [0.25, 0.3) is 10.6 Å².